The van der Waals surface area contributed by atoms with Crippen molar-refractivity contribution in [1.29, 1.82) is 0 Å². The van der Waals surface area contributed by atoms with Crippen molar-refractivity contribution in [3.8, 4) is 0 Å². The second kappa shape index (κ2) is 6.61. The van der Waals surface area contributed by atoms with Crippen LogP contribution in [0.2, 0.25) is 0 Å². The number of H-pyrrole nitrogens is 1. The Balaban J connectivity index is 1.64. The molecule has 6 nitrogen and oxygen atoms in total. The number of nitrogens with zero attached hydrogens (tertiary/aromatic N) is 4. The number of nitrogens with one attached hydrogen (secondary N) is 1. The molecule has 1 N–H and O–H groups in total. The third kappa shape index (κ3) is 3.01. The number of fused-ring (bicyclic) bond motifs is 2. The number of hydrogen-bond donors (Lipinski definition) is 1. The predicted molar refractivity (Wildman–Crippen MR) is 101 cm³/mol. The molecule has 2 aromatic heterocycles. The van der Waals surface area contributed by atoms with Gasteiger partial charge >= 0.3 is 0 Å². The highest BCUT2D eigenvalue weighted by molar-refractivity contribution is 5.77. The summed E-state index contributed by atoms with van der Waals surface area (Å²) in [5, 5.41) is 0.627. The van der Waals surface area contributed by atoms with E-state index < -0.39 is 0 Å². The lowest BCUT2D eigenvalue weighted by Gasteiger charge is -2.32. The fourth-order valence-corrected chi connectivity index (χ4v) is 3.42. The van der Waals surface area contributed by atoms with Crippen molar-refractivity contribution in [2.45, 2.75) is 45.7 Å². The largest absolute Gasteiger partial charge is 0.309 e. The Kier molecular flexibility index (Phi) is 4.28. The molecule has 3 heterocycles. The molecule has 1 aromatic carbocycles. The summed E-state index contributed by atoms with van der Waals surface area (Å²) in [6.45, 7) is 7.94. The van der Waals surface area contributed by atoms with Gasteiger partial charge in [-0.05, 0) is 31.0 Å². The molecule has 0 saturated carbocycles. The van der Waals surface area contributed by atoms with Gasteiger partial charge in [0.1, 0.15) is 11.6 Å². The van der Waals surface area contributed by atoms with Gasteiger partial charge < -0.3 is 4.98 Å². The van der Waals surface area contributed by atoms with Gasteiger partial charge in [0.15, 0.2) is 0 Å². The van der Waals surface area contributed by atoms with Crippen molar-refractivity contribution in [2.24, 2.45) is 0 Å². The van der Waals surface area contributed by atoms with Crippen molar-refractivity contribution in [3.05, 3.63) is 63.7 Å². The third-order valence-electron chi connectivity index (χ3n) is 5.09. The molecule has 0 amide bonds. The van der Waals surface area contributed by atoms with Gasteiger partial charge in [-0.15, -0.1) is 0 Å². The van der Waals surface area contributed by atoms with Crippen molar-refractivity contribution in [2.75, 3.05) is 6.54 Å². The highest BCUT2D eigenvalue weighted by Crippen LogP contribution is 2.25. The SMILES string of the molecule is CC(C)c1ncc2c(n1)CN([C@@H](C)c1nc3ccccc3c(=O)[nH]1)CC2. The summed E-state index contributed by atoms with van der Waals surface area (Å²) < 4.78 is 0. The maximum atomic E-state index is 12.4. The van der Waals surface area contributed by atoms with Crippen LogP contribution in [0.5, 0.6) is 0 Å². The monoisotopic (exact) mass is 349 g/mol. The average molecular weight is 349 g/mol. The summed E-state index contributed by atoms with van der Waals surface area (Å²) in [5.74, 6) is 1.90. The van der Waals surface area contributed by atoms with E-state index in [4.69, 9.17) is 4.98 Å². The normalized spacial score (nSPS) is 16.0. The van der Waals surface area contributed by atoms with E-state index in [0.717, 1.165) is 36.5 Å². The molecule has 134 valence electrons. The molecule has 1 aliphatic rings. The molecule has 3 aromatic rings. The Morgan fingerprint density at radius 2 is 1.96 bits per heavy atom. The number of para-hydroxylation sites is 1. The Morgan fingerprint density at radius 3 is 2.77 bits per heavy atom. The van der Waals surface area contributed by atoms with E-state index in [9.17, 15) is 4.79 Å². The number of benzene rings is 1. The minimum absolute atomic E-state index is 0.0120. The molecule has 0 radical (unpaired) electrons. The molecule has 0 unspecified atom stereocenters. The zero-order chi connectivity index (χ0) is 18.3. The van der Waals surface area contributed by atoms with Crippen LogP contribution in [0.15, 0.2) is 35.3 Å². The molecule has 0 saturated heterocycles. The summed E-state index contributed by atoms with van der Waals surface area (Å²) in [4.78, 5) is 31.6. The molecule has 0 fully saturated rings. The highest BCUT2D eigenvalue weighted by Gasteiger charge is 2.25. The molecule has 0 aliphatic carbocycles. The number of aromatic nitrogens is 4. The van der Waals surface area contributed by atoms with Gasteiger partial charge in [0.2, 0.25) is 0 Å². The maximum Gasteiger partial charge on any atom is 0.258 e. The van der Waals surface area contributed by atoms with E-state index in [2.05, 4.69) is 40.6 Å². The third-order valence-corrected chi connectivity index (χ3v) is 5.09. The summed E-state index contributed by atoms with van der Waals surface area (Å²) in [6.07, 6.45) is 2.88. The van der Waals surface area contributed by atoms with Crippen molar-refractivity contribution in [3.63, 3.8) is 0 Å². The molecule has 0 spiro atoms. The number of rotatable bonds is 3. The van der Waals surface area contributed by atoms with Gasteiger partial charge in [0.05, 0.1) is 22.6 Å². The molecule has 0 bridgehead atoms. The lowest BCUT2D eigenvalue weighted by molar-refractivity contribution is 0.181. The van der Waals surface area contributed by atoms with E-state index in [1.165, 1.54) is 5.56 Å². The van der Waals surface area contributed by atoms with Crippen molar-refractivity contribution in [1.82, 2.24) is 24.8 Å². The van der Waals surface area contributed by atoms with Crippen LogP contribution in [0.1, 0.15) is 55.6 Å². The Labute approximate surface area is 152 Å². The smallest absolute Gasteiger partial charge is 0.258 e. The molecule has 26 heavy (non-hydrogen) atoms. The second-order valence-corrected chi connectivity index (χ2v) is 7.22. The van der Waals surface area contributed by atoms with Crippen LogP contribution in [-0.2, 0) is 13.0 Å². The van der Waals surface area contributed by atoms with E-state index in [0.29, 0.717) is 17.1 Å². The van der Waals surface area contributed by atoms with Crippen LogP contribution in [-0.4, -0.2) is 31.4 Å². The quantitative estimate of drug-likeness (QED) is 0.787. The Morgan fingerprint density at radius 1 is 1.15 bits per heavy atom. The Bertz CT molecular complexity index is 1010. The molecule has 1 atom stereocenters. The minimum atomic E-state index is -0.0840. The van der Waals surface area contributed by atoms with E-state index in [-0.39, 0.29) is 11.6 Å². The summed E-state index contributed by atoms with van der Waals surface area (Å²) in [5.41, 5.74) is 2.96. The van der Waals surface area contributed by atoms with Gasteiger partial charge in [-0.2, -0.15) is 0 Å². The predicted octanol–water partition coefficient (Wildman–Crippen LogP) is 2.96. The first-order valence-electron chi connectivity index (χ1n) is 9.10. The summed E-state index contributed by atoms with van der Waals surface area (Å²) in [6, 6.07) is 7.46. The van der Waals surface area contributed by atoms with E-state index >= 15 is 0 Å². The van der Waals surface area contributed by atoms with Gasteiger partial charge in [-0.1, -0.05) is 26.0 Å². The van der Waals surface area contributed by atoms with Crippen molar-refractivity contribution >= 4 is 10.9 Å². The second-order valence-electron chi connectivity index (χ2n) is 7.22. The molecular formula is C20H23N5O. The van der Waals surface area contributed by atoms with E-state index in [1.54, 1.807) is 6.07 Å². The lowest BCUT2D eigenvalue weighted by atomic mass is 10.0. The van der Waals surface area contributed by atoms with Crippen LogP contribution < -0.4 is 5.56 Å². The fraction of sp³-hybridized carbons (Fsp3) is 0.400. The Hall–Kier alpha value is -2.60. The number of aromatic amines is 1. The number of hydrogen-bond acceptors (Lipinski definition) is 5. The molecule has 1 aliphatic heterocycles. The summed E-state index contributed by atoms with van der Waals surface area (Å²) in [7, 11) is 0. The van der Waals surface area contributed by atoms with Crippen LogP contribution in [0, 0.1) is 0 Å². The topological polar surface area (TPSA) is 74.8 Å². The molecular weight excluding hydrogens is 326 g/mol. The van der Waals surface area contributed by atoms with Gasteiger partial charge in [-0.25, -0.2) is 15.0 Å². The lowest BCUT2D eigenvalue weighted by Crippen LogP contribution is -2.35. The van der Waals surface area contributed by atoms with Crippen LogP contribution >= 0.6 is 0 Å². The van der Waals surface area contributed by atoms with Gasteiger partial charge in [0, 0.05) is 25.2 Å². The standard InChI is InChI=1S/C20H23N5O/c1-12(2)18-21-10-14-8-9-25(11-17(14)23-18)13(3)19-22-16-7-5-4-6-15(16)20(26)24-19/h4-7,10,12-13H,8-9,11H2,1-3H3,(H,22,24,26)/t13-/m0/s1. The fourth-order valence-electron chi connectivity index (χ4n) is 3.42. The average Bonchev–Trinajstić information content (AvgIpc) is 2.66. The first kappa shape index (κ1) is 16.8. The maximum absolute atomic E-state index is 12.4. The van der Waals surface area contributed by atoms with E-state index in [1.807, 2.05) is 24.4 Å². The van der Waals surface area contributed by atoms with Crippen LogP contribution in [0.25, 0.3) is 10.9 Å². The molecule has 4 rings (SSSR count). The van der Waals surface area contributed by atoms with Gasteiger partial charge in [0.25, 0.3) is 5.56 Å². The molecule has 6 heteroatoms. The van der Waals surface area contributed by atoms with Crippen LogP contribution in [0.4, 0.5) is 0 Å². The van der Waals surface area contributed by atoms with Crippen molar-refractivity contribution < 1.29 is 0 Å². The zero-order valence-electron chi connectivity index (χ0n) is 15.4. The highest BCUT2D eigenvalue weighted by atomic mass is 16.1. The minimum Gasteiger partial charge on any atom is -0.309 e. The first-order valence-corrected chi connectivity index (χ1v) is 9.10. The van der Waals surface area contributed by atoms with Gasteiger partial charge in [-0.3, -0.25) is 9.69 Å². The zero-order valence-corrected chi connectivity index (χ0v) is 15.4. The summed E-state index contributed by atoms with van der Waals surface area (Å²) >= 11 is 0. The first-order chi connectivity index (χ1) is 12.5. The van der Waals surface area contributed by atoms with Crippen LogP contribution in [0.3, 0.4) is 0 Å².